The average molecular weight is 275 g/mol. The van der Waals surface area contributed by atoms with E-state index in [1.54, 1.807) is 0 Å². The molecule has 3 amide bonds. The third-order valence-electron chi connectivity index (χ3n) is 2.19. The molecule has 3 N–H and O–H groups in total. The second kappa shape index (κ2) is 7.19. The number of carboxylic acids is 2. The van der Waals surface area contributed by atoms with Gasteiger partial charge in [0.2, 0.25) is 5.91 Å². The molecule has 0 spiro atoms. The molecule has 0 aliphatic heterocycles. The summed E-state index contributed by atoms with van der Waals surface area (Å²) in [7, 11) is 4.33. The molecule has 9 nitrogen and oxygen atoms in total. The standard InChI is InChI=1S/C10H17N3O6/c1-12(2)7(14)5-13(3)10(19)11-6(9(17)18)4-8(15)16/h6H,4-5H2,1-3H3,(H,11,19)(H,15,16)(H,17,18)/t6-/m0/s1. The van der Waals surface area contributed by atoms with E-state index in [0.717, 1.165) is 4.90 Å². The molecule has 0 aliphatic rings. The normalized spacial score (nSPS) is 11.3. The van der Waals surface area contributed by atoms with Gasteiger partial charge in [-0.1, -0.05) is 0 Å². The van der Waals surface area contributed by atoms with Gasteiger partial charge in [-0.15, -0.1) is 0 Å². The predicted octanol–water partition coefficient (Wildman–Crippen LogP) is -1.36. The molecule has 0 rings (SSSR count). The van der Waals surface area contributed by atoms with Crippen LogP contribution in [0.5, 0.6) is 0 Å². The number of rotatable bonds is 6. The van der Waals surface area contributed by atoms with Crippen LogP contribution in [0.15, 0.2) is 0 Å². The molecule has 0 radical (unpaired) electrons. The molecule has 108 valence electrons. The minimum atomic E-state index is -1.54. The monoisotopic (exact) mass is 275 g/mol. The summed E-state index contributed by atoms with van der Waals surface area (Å²) in [5.41, 5.74) is 0. The van der Waals surface area contributed by atoms with Crippen LogP contribution < -0.4 is 5.32 Å². The Morgan fingerprint density at radius 3 is 2.00 bits per heavy atom. The molecule has 0 saturated heterocycles. The number of amides is 3. The zero-order chi connectivity index (χ0) is 15.2. The highest BCUT2D eigenvalue weighted by molar-refractivity contribution is 5.88. The minimum Gasteiger partial charge on any atom is -0.481 e. The van der Waals surface area contributed by atoms with Crippen molar-refractivity contribution in [2.45, 2.75) is 12.5 Å². The van der Waals surface area contributed by atoms with Gasteiger partial charge in [0.25, 0.3) is 0 Å². The fourth-order valence-electron chi connectivity index (χ4n) is 1.05. The Labute approximate surface area is 109 Å². The van der Waals surface area contributed by atoms with E-state index in [1.165, 1.54) is 26.0 Å². The predicted molar refractivity (Wildman–Crippen MR) is 63.5 cm³/mol. The van der Waals surface area contributed by atoms with Crippen molar-refractivity contribution in [1.82, 2.24) is 15.1 Å². The third-order valence-corrected chi connectivity index (χ3v) is 2.19. The number of urea groups is 1. The van der Waals surface area contributed by atoms with Gasteiger partial charge in [0.1, 0.15) is 12.6 Å². The van der Waals surface area contributed by atoms with Crippen molar-refractivity contribution >= 4 is 23.9 Å². The number of nitrogens with zero attached hydrogens (tertiary/aromatic N) is 2. The number of likely N-dealkylation sites (N-methyl/N-ethyl adjacent to an activating group) is 2. The van der Waals surface area contributed by atoms with E-state index in [9.17, 15) is 19.2 Å². The largest absolute Gasteiger partial charge is 0.481 e. The van der Waals surface area contributed by atoms with Crippen molar-refractivity contribution in [3.8, 4) is 0 Å². The van der Waals surface area contributed by atoms with Crippen molar-refractivity contribution in [2.24, 2.45) is 0 Å². The number of hydrogen-bond donors (Lipinski definition) is 3. The number of carboxylic acid groups (broad SMARTS) is 2. The molecular weight excluding hydrogens is 258 g/mol. The van der Waals surface area contributed by atoms with Gasteiger partial charge in [-0.2, -0.15) is 0 Å². The molecule has 0 saturated carbocycles. The van der Waals surface area contributed by atoms with Crippen LogP contribution in [0.4, 0.5) is 4.79 Å². The molecule has 19 heavy (non-hydrogen) atoms. The van der Waals surface area contributed by atoms with Crippen molar-refractivity contribution in [1.29, 1.82) is 0 Å². The van der Waals surface area contributed by atoms with Gasteiger partial charge < -0.3 is 25.3 Å². The number of carbonyl (C=O) groups is 4. The summed E-state index contributed by atoms with van der Waals surface area (Å²) >= 11 is 0. The van der Waals surface area contributed by atoms with Crippen LogP contribution in [0.1, 0.15) is 6.42 Å². The van der Waals surface area contributed by atoms with Crippen LogP contribution in [-0.2, 0) is 14.4 Å². The van der Waals surface area contributed by atoms with Gasteiger partial charge in [0.05, 0.1) is 6.42 Å². The van der Waals surface area contributed by atoms with E-state index in [4.69, 9.17) is 10.2 Å². The molecule has 0 bridgehead atoms. The summed E-state index contributed by atoms with van der Waals surface area (Å²) in [4.78, 5) is 46.4. The van der Waals surface area contributed by atoms with Crippen molar-refractivity contribution in [3.63, 3.8) is 0 Å². The average Bonchev–Trinajstić information content (AvgIpc) is 2.26. The zero-order valence-electron chi connectivity index (χ0n) is 10.9. The number of hydrogen-bond acceptors (Lipinski definition) is 4. The van der Waals surface area contributed by atoms with E-state index in [0.29, 0.717) is 0 Å². The van der Waals surface area contributed by atoms with Crippen LogP contribution in [0, 0.1) is 0 Å². The Kier molecular flexibility index (Phi) is 6.31. The topological polar surface area (TPSA) is 127 Å². The highest BCUT2D eigenvalue weighted by atomic mass is 16.4. The molecule has 9 heteroatoms. The molecule has 0 fully saturated rings. The van der Waals surface area contributed by atoms with Crippen molar-refractivity contribution < 1.29 is 29.4 Å². The number of nitrogens with one attached hydrogen (secondary N) is 1. The fourth-order valence-corrected chi connectivity index (χ4v) is 1.05. The molecule has 0 aromatic heterocycles. The van der Waals surface area contributed by atoms with Crippen molar-refractivity contribution in [3.05, 3.63) is 0 Å². The lowest BCUT2D eigenvalue weighted by atomic mass is 10.2. The highest BCUT2D eigenvalue weighted by Gasteiger charge is 2.25. The second-order valence-corrected chi connectivity index (χ2v) is 4.08. The summed E-state index contributed by atoms with van der Waals surface area (Å²) < 4.78 is 0. The fraction of sp³-hybridized carbons (Fsp3) is 0.600. The summed E-state index contributed by atoms with van der Waals surface area (Å²) in [6.07, 6.45) is -0.740. The second-order valence-electron chi connectivity index (χ2n) is 4.08. The van der Waals surface area contributed by atoms with Crippen LogP contribution in [0.3, 0.4) is 0 Å². The molecule has 0 aliphatic carbocycles. The van der Waals surface area contributed by atoms with Gasteiger partial charge in [-0.05, 0) is 0 Å². The Hall–Kier alpha value is -2.32. The zero-order valence-corrected chi connectivity index (χ0v) is 10.9. The first-order valence-electron chi connectivity index (χ1n) is 5.31. The van der Waals surface area contributed by atoms with E-state index >= 15 is 0 Å². The van der Waals surface area contributed by atoms with E-state index in [1.807, 2.05) is 5.32 Å². The lowest BCUT2D eigenvalue weighted by Gasteiger charge is -2.21. The highest BCUT2D eigenvalue weighted by Crippen LogP contribution is 1.96. The van der Waals surface area contributed by atoms with Crippen LogP contribution in [0.2, 0.25) is 0 Å². The summed E-state index contributed by atoms with van der Waals surface area (Å²) in [6.45, 7) is -0.238. The Morgan fingerprint density at radius 2 is 1.63 bits per heavy atom. The first-order valence-corrected chi connectivity index (χ1v) is 5.31. The Morgan fingerprint density at radius 1 is 1.11 bits per heavy atom. The first-order chi connectivity index (χ1) is 8.65. The molecular formula is C10H17N3O6. The lowest BCUT2D eigenvalue weighted by molar-refractivity contribution is -0.145. The Balaban J connectivity index is 4.51. The van der Waals surface area contributed by atoms with Gasteiger partial charge >= 0.3 is 18.0 Å². The molecule has 0 aromatic rings. The first kappa shape index (κ1) is 16.7. The maximum absolute atomic E-state index is 11.6. The van der Waals surface area contributed by atoms with Crippen LogP contribution in [0.25, 0.3) is 0 Å². The summed E-state index contributed by atoms with van der Waals surface area (Å²) in [5.74, 6) is -3.15. The molecule has 1 atom stereocenters. The lowest BCUT2D eigenvalue weighted by Crippen LogP contribution is -2.49. The number of aliphatic carboxylic acids is 2. The molecule has 0 heterocycles. The van der Waals surface area contributed by atoms with Crippen LogP contribution >= 0.6 is 0 Å². The van der Waals surface area contributed by atoms with Gasteiger partial charge in [0.15, 0.2) is 0 Å². The smallest absolute Gasteiger partial charge is 0.326 e. The minimum absolute atomic E-state index is 0.238. The van der Waals surface area contributed by atoms with Gasteiger partial charge in [-0.25, -0.2) is 9.59 Å². The molecule has 0 unspecified atom stereocenters. The van der Waals surface area contributed by atoms with E-state index in [-0.39, 0.29) is 12.5 Å². The Bertz CT molecular complexity index is 381. The molecule has 0 aromatic carbocycles. The third kappa shape index (κ3) is 6.24. The maximum atomic E-state index is 11.6. The van der Waals surface area contributed by atoms with E-state index < -0.39 is 30.4 Å². The summed E-state index contributed by atoms with van der Waals surface area (Å²) in [5, 5.41) is 19.3. The van der Waals surface area contributed by atoms with Crippen molar-refractivity contribution in [2.75, 3.05) is 27.7 Å². The van der Waals surface area contributed by atoms with Crippen LogP contribution in [-0.4, -0.2) is 77.6 Å². The van der Waals surface area contributed by atoms with E-state index in [2.05, 4.69) is 0 Å². The SMILES string of the molecule is CN(C)C(=O)CN(C)C(=O)N[C@@H](CC(=O)O)C(=O)O. The number of carbonyl (C=O) groups excluding carboxylic acids is 2. The maximum Gasteiger partial charge on any atom is 0.326 e. The van der Waals surface area contributed by atoms with Gasteiger partial charge in [0, 0.05) is 21.1 Å². The summed E-state index contributed by atoms with van der Waals surface area (Å²) in [6, 6.07) is -2.37. The van der Waals surface area contributed by atoms with Gasteiger partial charge in [-0.3, -0.25) is 9.59 Å². The quantitative estimate of drug-likeness (QED) is 0.549.